The van der Waals surface area contributed by atoms with E-state index in [9.17, 15) is 4.79 Å². The van der Waals surface area contributed by atoms with Gasteiger partial charge in [0.1, 0.15) is 0 Å². The summed E-state index contributed by atoms with van der Waals surface area (Å²) in [6.45, 7) is 7.66. The van der Waals surface area contributed by atoms with Gasteiger partial charge in [-0.15, -0.1) is 0 Å². The molecule has 1 saturated heterocycles. The lowest BCUT2D eigenvalue weighted by Crippen LogP contribution is -2.55. The Kier molecular flexibility index (Phi) is 4.31. The van der Waals surface area contributed by atoms with Gasteiger partial charge in [0, 0.05) is 6.04 Å². The van der Waals surface area contributed by atoms with Crippen molar-refractivity contribution in [3.63, 3.8) is 0 Å². The van der Waals surface area contributed by atoms with Crippen LogP contribution in [0.15, 0.2) is 0 Å². The van der Waals surface area contributed by atoms with Crippen LogP contribution in [0.1, 0.15) is 59.3 Å². The molecule has 104 valence electrons. The minimum atomic E-state index is -0.274. The molecule has 0 aromatic rings. The van der Waals surface area contributed by atoms with Crippen LogP contribution in [-0.4, -0.2) is 24.0 Å². The van der Waals surface area contributed by atoms with Crippen molar-refractivity contribution in [1.82, 2.24) is 10.6 Å². The molecule has 1 saturated carbocycles. The fourth-order valence-corrected chi connectivity index (χ4v) is 3.80. The molecule has 1 amide bonds. The van der Waals surface area contributed by atoms with Gasteiger partial charge in [0.05, 0.1) is 5.54 Å². The second-order valence-electron chi connectivity index (χ2n) is 6.15. The summed E-state index contributed by atoms with van der Waals surface area (Å²) >= 11 is 0. The van der Waals surface area contributed by atoms with Crippen molar-refractivity contribution in [1.29, 1.82) is 0 Å². The number of hydrogen-bond donors (Lipinski definition) is 2. The first-order chi connectivity index (χ1) is 8.63. The number of hydrogen-bond acceptors (Lipinski definition) is 2. The topological polar surface area (TPSA) is 41.1 Å². The van der Waals surface area contributed by atoms with Gasteiger partial charge in [0.25, 0.3) is 0 Å². The quantitative estimate of drug-likeness (QED) is 0.807. The summed E-state index contributed by atoms with van der Waals surface area (Å²) in [4.78, 5) is 12.5. The van der Waals surface area contributed by atoms with Crippen LogP contribution in [0.2, 0.25) is 0 Å². The molecule has 0 aromatic carbocycles. The van der Waals surface area contributed by atoms with E-state index in [0.717, 1.165) is 38.1 Å². The minimum Gasteiger partial charge on any atom is -0.351 e. The first-order valence-electron chi connectivity index (χ1n) is 7.69. The Morgan fingerprint density at radius 2 is 2.17 bits per heavy atom. The molecule has 18 heavy (non-hydrogen) atoms. The van der Waals surface area contributed by atoms with Crippen molar-refractivity contribution in [3.8, 4) is 0 Å². The lowest BCUT2D eigenvalue weighted by atomic mass is 9.90. The van der Waals surface area contributed by atoms with Gasteiger partial charge in [-0.3, -0.25) is 4.79 Å². The molecule has 1 aliphatic carbocycles. The molecule has 4 unspecified atom stereocenters. The number of nitrogens with one attached hydrogen (secondary N) is 2. The lowest BCUT2D eigenvalue weighted by Gasteiger charge is -2.30. The van der Waals surface area contributed by atoms with Crippen molar-refractivity contribution in [2.24, 2.45) is 11.8 Å². The van der Waals surface area contributed by atoms with Crippen molar-refractivity contribution in [2.75, 3.05) is 6.54 Å². The molecule has 4 atom stereocenters. The third-order valence-electron chi connectivity index (χ3n) is 5.35. The van der Waals surface area contributed by atoms with E-state index in [1.54, 1.807) is 0 Å². The second-order valence-corrected chi connectivity index (χ2v) is 6.15. The van der Waals surface area contributed by atoms with Crippen LogP contribution in [-0.2, 0) is 4.79 Å². The van der Waals surface area contributed by atoms with Gasteiger partial charge in [0.2, 0.25) is 5.91 Å². The van der Waals surface area contributed by atoms with E-state index in [1.807, 2.05) is 0 Å². The maximum Gasteiger partial charge on any atom is 0.240 e. The number of amides is 1. The molecular weight excluding hydrogens is 224 g/mol. The Balaban J connectivity index is 1.95. The van der Waals surface area contributed by atoms with E-state index >= 15 is 0 Å². The van der Waals surface area contributed by atoms with Gasteiger partial charge < -0.3 is 10.6 Å². The fourth-order valence-electron chi connectivity index (χ4n) is 3.80. The summed E-state index contributed by atoms with van der Waals surface area (Å²) in [5.41, 5.74) is -0.274. The normalized spacial score (nSPS) is 40.1. The van der Waals surface area contributed by atoms with Crippen molar-refractivity contribution in [2.45, 2.75) is 70.9 Å². The zero-order valence-electron chi connectivity index (χ0n) is 12.1. The standard InChI is InChI=1S/C15H28N2O/c1-4-12-7-8-13(11(12)3)17-14(18)15(5-2)9-6-10-16-15/h11-13,16H,4-10H2,1-3H3,(H,17,18). The van der Waals surface area contributed by atoms with Gasteiger partial charge in [-0.05, 0) is 50.5 Å². The third-order valence-corrected chi connectivity index (χ3v) is 5.35. The van der Waals surface area contributed by atoms with E-state index < -0.39 is 0 Å². The van der Waals surface area contributed by atoms with Crippen LogP contribution in [0.4, 0.5) is 0 Å². The van der Waals surface area contributed by atoms with Crippen LogP contribution < -0.4 is 10.6 Å². The Labute approximate surface area is 111 Å². The van der Waals surface area contributed by atoms with Crippen LogP contribution in [0.3, 0.4) is 0 Å². The van der Waals surface area contributed by atoms with Gasteiger partial charge in [-0.1, -0.05) is 27.2 Å². The molecular formula is C15H28N2O. The van der Waals surface area contributed by atoms with E-state index in [0.29, 0.717) is 12.0 Å². The van der Waals surface area contributed by atoms with Gasteiger partial charge in [-0.2, -0.15) is 0 Å². The highest BCUT2D eigenvalue weighted by Gasteiger charge is 2.41. The molecule has 0 spiro atoms. The van der Waals surface area contributed by atoms with Crippen LogP contribution in [0.25, 0.3) is 0 Å². The maximum absolute atomic E-state index is 12.5. The summed E-state index contributed by atoms with van der Waals surface area (Å²) < 4.78 is 0. The van der Waals surface area contributed by atoms with Gasteiger partial charge in [-0.25, -0.2) is 0 Å². The number of carbonyl (C=O) groups excluding carboxylic acids is 1. The zero-order chi connectivity index (χ0) is 13.2. The predicted molar refractivity (Wildman–Crippen MR) is 74.4 cm³/mol. The molecule has 2 N–H and O–H groups in total. The van der Waals surface area contributed by atoms with E-state index in [-0.39, 0.29) is 11.4 Å². The molecule has 0 radical (unpaired) electrons. The largest absolute Gasteiger partial charge is 0.351 e. The molecule has 1 heterocycles. The van der Waals surface area contributed by atoms with Crippen LogP contribution in [0.5, 0.6) is 0 Å². The van der Waals surface area contributed by atoms with Gasteiger partial charge >= 0.3 is 0 Å². The molecule has 0 aromatic heterocycles. The maximum atomic E-state index is 12.5. The summed E-state index contributed by atoms with van der Waals surface area (Å²) in [5.74, 6) is 1.68. The van der Waals surface area contributed by atoms with Crippen LogP contribution in [0, 0.1) is 11.8 Å². The first-order valence-corrected chi connectivity index (χ1v) is 7.69. The number of carbonyl (C=O) groups is 1. The zero-order valence-corrected chi connectivity index (χ0v) is 12.1. The highest BCUT2D eigenvalue weighted by molar-refractivity contribution is 5.87. The van der Waals surface area contributed by atoms with E-state index in [4.69, 9.17) is 0 Å². The summed E-state index contributed by atoms with van der Waals surface area (Å²) in [6.07, 6.45) is 6.69. The SMILES string of the molecule is CCC1CCC(NC(=O)C2(CC)CCCN2)C1C. The molecule has 3 heteroatoms. The first kappa shape index (κ1) is 13.9. The Hall–Kier alpha value is -0.570. The van der Waals surface area contributed by atoms with Gasteiger partial charge in [0.15, 0.2) is 0 Å². The van der Waals surface area contributed by atoms with E-state index in [1.165, 1.54) is 12.8 Å². The third kappa shape index (κ3) is 2.42. The second kappa shape index (κ2) is 5.60. The molecule has 2 aliphatic rings. The average Bonchev–Trinajstić information content (AvgIpc) is 2.98. The van der Waals surface area contributed by atoms with Crippen molar-refractivity contribution < 1.29 is 4.79 Å². The average molecular weight is 252 g/mol. The highest BCUT2D eigenvalue weighted by atomic mass is 16.2. The Bertz CT molecular complexity index is 297. The summed E-state index contributed by atoms with van der Waals surface area (Å²) in [6, 6.07) is 0.397. The van der Waals surface area contributed by atoms with Crippen molar-refractivity contribution in [3.05, 3.63) is 0 Å². The molecule has 1 aliphatic heterocycles. The molecule has 2 fully saturated rings. The fraction of sp³-hybridized carbons (Fsp3) is 0.933. The summed E-state index contributed by atoms with van der Waals surface area (Å²) in [7, 11) is 0. The Morgan fingerprint density at radius 1 is 1.39 bits per heavy atom. The smallest absolute Gasteiger partial charge is 0.240 e. The monoisotopic (exact) mass is 252 g/mol. The minimum absolute atomic E-state index is 0.246. The Morgan fingerprint density at radius 3 is 2.67 bits per heavy atom. The molecule has 0 bridgehead atoms. The predicted octanol–water partition coefficient (Wildman–Crippen LogP) is 2.46. The molecule has 3 nitrogen and oxygen atoms in total. The highest BCUT2D eigenvalue weighted by Crippen LogP contribution is 2.34. The molecule has 2 rings (SSSR count). The van der Waals surface area contributed by atoms with Crippen LogP contribution >= 0.6 is 0 Å². The lowest BCUT2D eigenvalue weighted by molar-refractivity contribution is -0.128. The van der Waals surface area contributed by atoms with E-state index in [2.05, 4.69) is 31.4 Å². The summed E-state index contributed by atoms with van der Waals surface area (Å²) in [5, 5.41) is 6.75. The number of rotatable bonds is 4. The van der Waals surface area contributed by atoms with Crippen molar-refractivity contribution >= 4 is 5.91 Å².